The highest BCUT2D eigenvalue weighted by Crippen LogP contribution is 2.23. The van der Waals surface area contributed by atoms with Crippen LogP contribution in [0.25, 0.3) is 5.65 Å². The summed E-state index contributed by atoms with van der Waals surface area (Å²) < 4.78 is 20.5. The molecule has 5 rings (SSSR count). The monoisotopic (exact) mass is 536 g/mol. The van der Waals surface area contributed by atoms with E-state index in [9.17, 15) is 9.18 Å². The summed E-state index contributed by atoms with van der Waals surface area (Å²) >= 11 is 0. The molecule has 0 bridgehead atoms. The molecule has 11 heteroatoms. The first-order chi connectivity index (χ1) is 18.9. The molecule has 3 N–H and O–H groups in total. The zero-order valence-corrected chi connectivity index (χ0v) is 22.6. The van der Waals surface area contributed by atoms with E-state index in [1.54, 1.807) is 10.6 Å². The Balaban J connectivity index is 1.25. The maximum atomic E-state index is 13.3. The van der Waals surface area contributed by atoms with Gasteiger partial charge in [-0.2, -0.15) is 19.6 Å². The smallest absolute Gasteiger partial charge is 0.248 e. The summed E-state index contributed by atoms with van der Waals surface area (Å²) in [6, 6.07) is 7.94. The first kappa shape index (κ1) is 27.0. The summed E-state index contributed by atoms with van der Waals surface area (Å²) in [4.78, 5) is 23.9. The second-order valence-electron chi connectivity index (χ2n) is 10.5. The lowest BCUT2D eigenvalue weighted by Crippen LogP contribution is -2.29. The Kier molecular flexibility index (Phi) is 8.67. The van der Waals surface area contributed by atoms with Crippen molar-refractivity contribution in [3.05, 3.63) is 53.7 Å². The van der Waals surface area contributed by atoms with E-state index in [1.807, 2.05) is 35.4 Å². The highest BCUT2D eigenvalue weighted by molar-refractivity contribution is 5.99. The number of halogens is 1. The van der Waals surface area contributed by atoms with Gasteiger partial charge in [0.2, 0.25) is 17.8 Å². The second kappa shape index (κ2) is 12.5. The fourth-order valence-electron chi connectivity index (χ4n) is 4.89. The van der Waals surface area contributed by atoms with Crippen molar-refractivity contribution >= 4 is 29.1 Å². The fraction of sp³-hybridized carbons (Fsp3) is 0.500. The molecule has 1 amide bonds. The van der Waals surface area contributed by atoms with Crippen LogP contribution in [0, 0.1) is 0 Å². The molecule has 39 heavy (non-hydrogen) atoms. The Labute approximate surface area is 228 Å². The third-order valence-corrected chi connectivity index (χ3v) is 7.06. The number of amides is 1. The van der Waals surface area contributed by atoms with Crippen molar-refractivity contribution in [2.45, 2.75) is 57.8 Å². The van der Waals surface area contributed by atoms with E-state index in [1.165, 1.54) is 6.08 Å². The minimum Gasteiger partial charge on any atom is -0.381 e. The molecule has 208 valence electrons. The number of likely N-dealkylation sites (tertiary alicyclic amines) is 1. The lowest BCUT2D eigenvalue weighted by atomic mass is 10.1. The van der Waals surface area contributed by atoms with Crippen LogP contribution in [0.3, 0.4) is 0 Å². The van der Waals surface area contributed by atoms with Crippen molar-refractivity contribution in [3.63, 3.8) is 0 Å². The molecule has 0 aliphatic carbocycles. The lowest BCUT2D eigenvalue weighted by Gasteiger charge is -2.23. The van der Waals surface area contributed by atoms with E-state index in [0.29, 0.717) is 43.6 Å². The van der Waals surface area contributed by atoms with E-state index in [-0.39, 0.29) is 17.9 Å². The average Bonchev–Trinajstić information content (AvgIpc) is 3.54. The first-order valence-corrected chi connectivity index (χ1v) is 13.7. The summed E-state index contributed by atoms with van der Waals surface area (Å²) in [5, 5.41) is 14.3. The lowest BCUT2D eigenvalue weighted by molar-refractivity contribution is -0.111. The molecule has 0 saturated carbocycles. The molecule has 2 saturated heterocycles. The summed E-state index contributed by atoms with van der Waals surface area (Å²) in [5.74, 6) is 1.22. The number of ether oxygens (including phenoxy) is 1. The maximum absolute atomic E-state index is 13.3. The number of carbonyl (C=O) groups excluding carboxylic acids is 1. The molecule has 1 unspecified atom stereocenters. The molecule has 0 radical (unpaired) electrons. The van der Waals surface area contributed by atoms with E-state index >= 15 is 0 Å². The quantitative estimate of drug-likeness (QED) is 0.334. The van der Waals surface area contributed by atoms with Gasteiger partial charge >= 0.3 is 0 Å². The summed E-state index contributed by atoms with van der Waals surface area (Å²) in [6.45, 7) is 7.93. The van der Waals surface area contributed by atoms with Gasteiger partial charge in [-0.3, -0.25) is 9.69 Å². The van der Waals surface area contributed by atoms with Crippen molar-refractivity contribution in [2.24, 2.45) is 0 Å². The topological polar surface area (TPSA) is 109 Å². The van der Waals surface area contributed by atoms with Crippen molar-refractivity contribution < 1.29 is 13.9 Å². The van der Waals surface area contributed by atoms with Gasteiger partial charge in [-0.25, -0.2) is 4.39 Å². The number of alkyl halides is 1. The van der Waals surface area contributed by atoms with Crippen LogP contribution in [0.2, 0.25) is 0 Å². The number of hydrogen-bond acceptors (Lipinski definition) is 8. The SMILES string of the molecule is CC(C)c1cnn2c(NCc3cccc(NC(=O)C=CCN4CCC(F)C4)c3)nc(NC3CCOCC3)nc12. The molecular weight excluding hydrogens is 499 g/mol. The van der Waals surface area contributed by atoms with Gasteiger partial charge in [-0.15, -0.1) is 0 Å². The van der Waals surface area contributed by atoms with Gasteiger partial charge in [0.05, 0.1) is 6.20 Å². The molecule has 10 nitrogen and oxygen atoms in total. The van der Waals surface area contributed by atoms with Gasteiger partial charge in [0.15, 0.2) is 5.65 Å². The maximum Gasteiger partial charge on any atom is 0.248 e. The number of aromatic nitrogens is 4. The van der Waals surface area contributed by atoms with Crippen molar-refractivity contribution in [2.75, 3.05) is 48.8 Å². The Morgan fingerprint density at radius 3 is 2.85 bits per heavy atom. The predicted molar refractivity (Wildman–Crippen MR) is 150 cm³/mol. The number of rotatable bonds is 10. The minimum atomic E-state index is -0.762. The van der Waals surface area contributed by atoms with Gasteiger partial charge in [-0.1, -0.05) is 32.1 Å². The number of benzene rings is 1. The second-order valence-corrected chi connectivity index (χ2v) is 10.5. The van der Waals surface area contributed by atoms with Gasteiger partial charge in [0.1, 0.15) is 6.17 Å². The molecular formula is C28H37FN8O2. The van der Waals surface area contributed by atoms with Crippen LogP contribution in [0.4, 0.5) is 22.0 Å². The Morgan fingerprint density at radius 2 is 2.08 bits per heavy atom. The van der Waals surface area contributed by atoms with Crippen LogP contribution in [0.1, 0.15) is 50.2 Å². The molecule has 2 aliphatic rings. The largest absolute Gasteiger partial charge is 0.381 e. The third-order valence-electron chi connectivity index (χ3n) is 7.06. The predicted octanol–water partition coefficient (Wildman–Crippen LogP) is 3.99. The molecule has 2 fully saturated rings. The van der Waals surface area contributed by atoms with E-state index in [4.69, 9.17) is 14.7 Å². The van der Waals surface area contributed by atoms with Gasteiger partial charge in [0.25, 0.3) is 0 Å². The van der Waals surface area contributed by atoms with Crippen LogP contribution in [-0.4, -0.2) is 75.5 Å². The number of carbonyl (C=O) groups is 1. The zero-order chi connectivity index (χ0) is 27.2. The van der Waals surface area contributed by atoms with E-state index in [0.717, 1.165) is 49.4 Å². The van der Waals surface area contributed by atoms with Crippen molar-refractivity contribution in [1.82, 2.24) is 24.5 Å². The van der Waals surface area contributed by atoms with Gasteiger partial charge in [-0.05, 0) is 42.9 Å². The number of nitrogens with zero attached hydrogens (tertiary/aromatic N) is 5. The highest BCUT2D eigenvalue weighted by Gasteiger charge is 2.21. The van der Waals surface area contributed by atoms with Gasteiger partial charge in [0, 0.05) is 62.8 Å². The molecule has 2 aromatic heterocycles. The summed E-state index contributed by atoms with van der Waals surface area (Å²) in [7, 11) is 0. The summed E-state index contributed by atoms with van der Waals surface area (Å²) in [5.41, 5.74) is 3.51. The average molecular weight is 537 g/mol. The molecule has 0 spiro atoms. The van der Waals surface area contributed by atoms with E-state index < -0.39 is 6.17 Å². The number of fused-ring (bicyclic) bond motifs is 1. The highest BCUT2D eigenvalue weighted by atomic mass is 19.1. The Hall–Kier alpha value is -3.57. The van der Waals surface area contributed by atoms with Crippen LogP contribution in [-0.2, 0) is 16.1 Å². The van der Waals surface area contributed by atoms with Crippen LogP contribution < -0.4 is 16.0 Å². The number of hydrogen-bond donors (Lipinski definition) is 3. The molecule has 3 aromatic rings. The van der Waals surface area contributed by atoms with Crippen molar-refractivity contribution in [1.29, 1.82) is 0 Å². The first-order valence-electron chi connectivity index (χ1n) is 13.7. The minimum absolute atomic E-state index is 0.213. The number of anilines is 3. The third kappa shape index (κ3) is 7.10. The van der Waals surface area contributed by atoms with Gasteiger partial charge < -0.3 is 20.7 Å². The normalized spacial score (nSPS) is 18.8. The molecule has 1 aromatic carbocycles. The zero-order valence-electron chi connectivity index (χ0n) is 22.6. The molecule has 2 aliphatic heterocycles. The molecule has 4 heterocycles. The Bertz CT molecular complexity index is 1300. The van der Waals surface area contributed by atoms with Crippen molar-refractivity contribution in [3.8, 4) is 0 Å². The van der Waals surface area contributed by atoms with Crippen LogP contribution >= 0.6 is 0 Å². The molecule has 1 atom stereocenters. The summed E-state index contributed by atoms with van der Waals surface area (Å²) in [6.07, 6.45) is 6.76. The van der Waals surface area contributed by atoms with E-state index in [2.05, 4.69) is 34.9 Å². The Morgan fingerprint density at radius 1 is 1.23 bits per heavy atom. The van der Waals surface area contributed by atoms with Crippen LogP contribution in [0.5, 0.6) is 0 Å². The standard InChI is InChI=1S/C28H37FN8O2/c1-19(2)24-17-31-37-26(24)34-27(33-22-9-13-39-14-10-22)35-28(37)30-16-20-5-3-6-23(15-20)32-25(38)7-4-11-36-12-8-21(29)18-36/h3-7,15,17,19,21-22H,8-14,16,18H2,1-2H3,(H,32,38)(H2,30,33,34,35). The fourth-order valence-corrected chi connectivity index (χ4v) is 4.89. The van der Waals surface area contributed by atoms with Crippen LogP contribution in [0.15, 0.2) is 42.6 Å². The number of nitrogens with one attached hydrogen (secondary N) is 3.